The molecular formula is C11H8ClFN2O2. The van der Waals surface area contributed by atoms with Crippen molar-refractivity contribution in [3.8, 4) is 5.69 Å². The molecule has 1 heterocycles. The number of carbonyl (C=O) groups is 1. The summed E-state index contributed by atoms with van der Waals surface area (Å²) in [5, 5.41) is 12.9. The first-order valence-corrected chi connectivity index (χ1v) is 5.12. The lowest BCUT2D eigenvalue weighted by Crippen LogP contribution is -2.03. The van der Waals surface area contributed by atoms with Crippen LogP contribution in [0.5, 0.6) is 0 Å². The zero-order valence-corrected chi connectivity index (χ0v) is 9.57. The molecule has 0 amide bonds. The molecule has 17 heavy (non-hydrogen) atoms. The third-order valence-electron chi connectivity index (χ3n) is 2.26. The second kappa shape index (κ2) is 4.18. The topological polar surface area (TPSA) is 55.1 Å². The van der Waals surface area contributed by atoms with Crippen LogP contribution in [0.1, 0.15) is 16.1 Å². The molecule has 0 aliphatic carbocycles. The van der Waals surface area contributed by atoms with E-state index in [4.69, 9.17) is 16.7 Å². The number of carboxylic acids is 1. The average molecular weight is 255 g/mol. The molecule has 88 valence electrons. The van der Waals surface area contributed by atoms with Crippen LogP contribution in [0.2, 0.25) is 5.02 Å². The number of aromatic carboxylic acids is 1. The Morgan fingerprint density at radius 2 is 2.24 bits per heavy atom. The van der Waals surface area contributed by atoms with Crippen LogP contribution in [0.25, 0.3) is 5.69 Å². The monoisotopic (exact) mass is 254 g/mol. The number of aryl methyl sites for hydroxylation is 1. The van der Waals surface area contributed by atoms with Crippen molar-refractivity contribution < 1.29 is 14.3 Å². The van der Waals surface area contributed by atoms with Gasteiger partial charge in [-0.15, -0.1) is 0 Å². The fourth-order valence-electron chi connectivity index (χ4n) is 1.46. The van der Waals surface area contributed by atoms with Crippen molar-refractivity contribution in [2.45, 2.75) is 6.92 Å². The molecule has 0 spiro atoms. The second-order valence-electron chi connectivity index (χ2n) is 3.51. The number of hydrogen-bond acceptors (Lipinski definition) is 2. The lowest BCUT2D eigenvalue weighted by molar-refractivity contribution is 0.0689. The highest BCUT2D eigenvalue weighted by molar-refractivity contribution is 6.30. The van der Waals surface area contributed by atoms with Gasteiger partial charge < -0.3 is 5.11 Å². The van der Waals surface area contributed by atoms with Gasteiger partial charge in [0.2, 0.25) is 0 Å². The van der Waals surface area contributed by atoms with Gasteiger partial charge in [0.15, 0.2) is 5.69 Å². The maximum Gasteiger partial charge on any atom is 0.356 e. The summed E-state index contributed by atoms with van der Waals surface area (Å²) in [5.74, 6) is -1.70. The first kappa shape index (κ1) is 11.6. The molecule has 0 aliphatic heterocycles. The highest BCUT2D eigenvalue weighted by atomic mass is 35.5. The first-order chi connectivity index (χ1) is 7.99. The normalized spacial score (nSPS) is 10.5. The minimum absolute atomic E-state index is 0.0978. The predicted molar refractivity (Wildman–Crippen MR) is 60.2 cm³/mol. The molecule has 6 heteroatoms. The Labute approximate surface area is 101 Å². The van der Waals surface area contributed by atoms with Gasteiger partial charge >= 0.3 is 5.97 Å². The molecule has 0 saturated heterocycles. The Morgan fingerprint density at radius 1 is 1.53 bits per heavy atom. The van der Waals surface area contributed by atoms with E-state index in [-0.39, 0.29) is 16.4 Å². The van der Waals surface area contributed by atoms with E-state index in [1.807, 2.05) is 0 Å². The Hall–Kier alpha value is -1.88. The molecule has 0 fully saturated rings. The maximum absolute atomic E-state index is 13.6. The summed E-state index contributed by atoms with van der Waals surface area (Å²) >= 11 is 5.63. The van der Waals surface area contributed by atoms with E-state index in [0.717, 1.165) is 6.07 Å². The van der Waals surface area contributed by atoms with Crippen molar-refractivity contribution in [1.82, 2.24) is 9.78 Å². The molecule has 0 atom stereocenters. The Balaban J connectivity index is 2.53. The average Bonchev–Trinajstić information content (AvgIpc) is 2.60. The van der Waals surface area contributed by atoms with Crippen molar-refractivity contribution in [3.63, 3.8) is 0 Å². The van der Waals surface area contributed by atoms with Crippen LogP contribution in [0.15, 0.2) is 24.4 Å². The molecule has 0 saturated carbocycles. The largest absolute Gasteiger partial charge is 0.476 e. The summed E-state index contributed by atoms with van der Waals surface area (Å²) in [6.45, 7) is 1.60. The van der Waals surface area contributed by atoms with E-state index in [2.05, 4.69) is 5.10 Å². The fourth-order valence-corrected chi connectivity index (χ4v) is 1.62. The molecule has 4 nitrogen and oxygen atoms in total. The van der Waals surface area contributed by atoms with E-state index in [0.29, 0.717) is 5.56 Å². The van der Waals surface area contributed by atoms with E-state index >= 15 is 0 Å². The number of rotatable bonds is 2. The summed E-state index contributed by atoms with van der Waals surface area (Å²) in [6.07, 6.45) is 1.45. The summed E-state index contributed by atoms with van der Waals surface area (Å²) in [5.41, 5.74) is 0.524. The summed E-state index contributed by atoms with van der Waals surface area (Å²) in [6, 6.07) is 4.10. The lowest BCUT2D eigenvalue weighted by Gasteiger charge is -2.02. The van der Waals surface area contributed by atoms with Crippen molar-refractivity contribution in [2.24, 2.45) is 0 Å². The molecule has 0 bridgehead atoms. The SMILES string of the molecule is Cc1cn(-c2ccc(Cl)cc2F)nc1C(=O)O. The lowest BCUT2D eigenvalue weighted by atomic mass is 10.3. The van der Waals surface area contributed by atoms with Crippen LogP contribution in [-0.2, 0) is 0 Å². The number of carboxylic acid groups (broad SMARTS) is 1. The van der Waals surface area contributed by atoms with Crippen molar-refractivity contribution in [3.05, 3.63) is 46.5 Å². The van der Waals surface area contributed by atoms with Crippen LogP contribution in [-0.4, -0.2) is 20.9 Å². The van der Waals surface area contributed by atoms with Crippen LogP contribution >= 0.6 is 11.6 Å². The third-order valence-corrected chi connectivity index (χ3v) is 2.49. The molecule has 1 aromatic heterocycles. The van der Waals surface area contributed by atoms with Crippen molar-refractivity contribution in [2.75, 3.05) is 0 Å². The standard InChI is InChI=1S/C11H8ClFN2O2/c1-6-5-15(14-10(6)11(16)17)9-3-2-7(12)4-8(9)13/h2-5H,1H3,(H,16,17). The molecule has 2 rings (SSSR count). The molecule has 2 aromatic rings. The zero-order valence-electron chi connectivity index (χ0n) is 8.82. The Bertz CT molecular complexity index is 595. The molecule has 0 radical (unpaired) electrons. The smallest absolute Gasteiger partial charge is 0.356 e. The van der Waals surface area contributed by atoms with Gasteiger partial charge in [-0.25, -0.2) is 13.9 Å². The van der Waals surface area contributed by atoms with Gasteiger partial charge in [0, 0.05) is 16.8 Å². The third kappa shape index (κ3) is 2.14. The molecular weight excluding hydrogens is 247 g/mol. The number of hydrogen-bond donors (Lipinski definition) is 1. The summed E-state index contributed by atoms with van der Waals surface area (Å²) in [4.78, 5) is 10.8. The first-order valence-electron chi connectivity index (χ1n) is 4.74. The Kier molecular flexibility index (Phi) is 2.85. The van der Waals surface area contributed by atoms with Crippen LogP contribution < -0.4 is 0 Å². The van der Waals surface area contributed by atoms with E-state index in [9.17, 15) is 9.18 Å². The predicted octanol–water partition coefficient (Wildman–Crippen LogP) is 2.67. The minimum Gasteiger partial charge on any atom is -0.476 e. The van der Waals surface area contributed by atoms with E-state index in [1.54, 1.807) is 6.92 Å². The molecule has 1 N–H and O–H groups in total. The quantitative estimate of drug-likeness (QED) is 0.896. The number of nitrogens with zero attached hydrogens (tertiary/aromatic N) is 2. The summed E-state index contributed by atoms with van der Waals surface area (Å²) < 4.78 is 14.8. The van der Waals surface area contributed by atoms with E-state index in [1.165, 1.54) is 23.0 Å². The highest BCUT2D eigenvalue weighted by Gasteiger charge is 2.14. The van der Waals surface area contributed by atoms with Gasteiger partial charge in [-0.2, -0.15) is 5.10 Å². The van der Waals surface area contributed by atoms with E-state index < -0.39 is 11.8 Å². The minimum atomic E-state index is -1.14. The van der Waals surface area contributed by atoms with Gasteiger partial charge in [-0.1, -0.05) is 11.6 Å². The number of halogens is 2. The molecule has 0 unspecified atom stereocenters. The maximum atomic E-state index is 13.6. The highest BCUT2D eigenvalue weighted by Crippen LogP contribution is 2.19. The van der Waals surface area contributed by atoms with Crippen LogP contribution in [0.4, 0.5) is 4.39 Å². The van der Waals surface area contributed by atoms with Gasteiger partial charge in [-0.05, 0) is 25.1 Å². The van der Waals surface area contributed by atoms with Gasteiger partial charge in [0.05, 0.1) is 0 Å². The van der Waals surface area contributed by atoms with Gasteiger partial charge in [0.25, 0.3) is 0 Å². The molecule has 0 aliphatic rings. The summed E-state index contributed by atoms with van der Waals surface area (Å²) in [7, 11) is 0. The van der Waals surface area contributed by atoms with Gasteiger partial charge in [0.1, 0.15) is 11.5 Å². The zero-order chi connectivity index (χ0) is 12.6. The van der Waals surface area contributed by atoms with Crippen molar-refractivity contribution >= 4 is 17.6 Å². The number of aromatic nitrogens is 2. The van der Waals surface area contributed by atoms with Crippen LogP contribution in [0.3, 0.4) is 0 Å². The fraction of sp³-hybridized carbons (Fsp3) is 0.0909. The van der Waals surface area contributed by atoms with Crippen LogP contribution in [0, 0.1) is 12.7 Å². The Morgan fingerprint density at radius 3 is 2.76 bits per heavy atom. The molecule has 1 aromatic carbocycles. The van der Waals surface area contributed by atoms with Crippen molar-refractivity contribution in [1.29, 1.82) is 0 Å². The number of benzene rings is 1. The van der Waals surface area contributed by atoms with Gasteiger partial charge in [-0.3, -0.25) is 0 Å². The second-order valence-corrected chi connectivity index (χ2v) is 3.94.